The summed E-state index contributed by atoms with van der Waals surface area (Å²) in [6.45, 7) is 4.75. The van der Waals surface area contributed by atoms with Crippen molar-refractivity contribution < 1.29 is 55.2 Å². The predicted octanol–water partition coefficient (Wildman–Crippen LogP) is 8.31. The molecular formula is C36H26F8IrN7. The van der Waals surface area contributed by atoms with Gasteiger partial charge in [-0.2, -0.15) is 0 Å². The summed E-state index contributed by atoms with van der Waals surface area (Å²) in [6, 6.07) is 16.2. The van der Waals surface area contributed by atoms with E-state index in [9.17, 15) is 35.1 Å². The quantitative estimate of drug-likeness (QED) is 0.0986. The second kappa shape index (κ2) is 19.7. The molecule has 52 heavy (non-hydrogen) atoms. The van der Waals surface area contributed by atoms with Gasteiger partial charge < -0.3 is 36.2 Å². The van der Waals surface area contributed by atoms with Crippen molar-refractivity contribution in [2.24, 2.45) is 0 Å². The zero-order valence-electron chi connectivity index (χ0n) is 27.6. The Labute approximate surface area is 307 Å². The molecule has 0 radical (unpaired) electrons. The van der Waals surface area contributed by atoms with Gasteiger partial charge in [0.2, 0.25) is 0 Å². The van der Waals surface area contributed by atoms with E-state index in [1.807, 2.05) is 50.1 Å². The number of hydrogen-bond donors (Lipinski definition) is 0. The second-order valence-corrected chi connectivity index (χ2v) is 10.5. The van der Waals surface area contributed by atoms with E-state index in [1.165, 1.54) is 12.4 Å². The van der Waals surface area contributed by atoms with E-state index in [0.29, 0.717) is 11.4 Å². The number of aromatic nitrogens is 4. The van der Waals surface area contributed by atoms with Crippen LogP contribution >= 0.6 is 0 Å². The summed E-state index contributed by atoms with van der Waals surface area (Å²) >= 11 is 0. The van der Waals surface area contributed by atoms with E-state index in [1.54, 1.807) is 24.5 Å². The van der Waals surface area contributed by atoms with Gasteiger partial charge in [0.25, 0.3) is 0 Å². The van der Waals surface area contributed by atoms with Gasteiger partial charge in [-0.15, -0.1) is 24.3 Å². The fraction of sp³-hybridized carbons (Fsp3) is 0.111. The first-order valence-corrected chi connectivity index (χ1v) is 14.3. The number of anilines is 2. The molecule has 0 aliphatic rings. The number of rotatable bonds is 5. The summed E-state index contributed by atoms with van der Waals surface area (Å²) < 4.78 is 105. The molecule has 0 aliphatic heterocycles. The smallest absolute Gasteiger partial charge is 0.512 e. The average molecular weight is 901 g/mol. The van der Waals surface area contributed by atoms with Crippen LogP contribution in [-0.2, 0) is 20.1 Å². The van der Waals surface area contributed by atoms with Gasteiger partial charge in [0, 0.05) is 93.7 Å². The summed E-state index contributed by atoms with van der Waals surface area (Å²) in [5.74, 6) is -8.40. The Balaban J connectivity index is 0.000000262. The Morgan fingerprint density at radius 3 is 1.38 bits per heavy atom. The molecule has 0 saturated carbocycles. The van der Waals surface area contributed by atoms with Crippen molar-refractivity contribution in [3.63, 3.8) is 0 Å². The molecule has 0 N–H and O–H groups in total. The molecule has 0 atom stereocenters. The van der Waals surface area contributed by atoms with Crippen LogP contribution in [0.4, 0.5) is 46.5 Å². The van der Waals surface area contributed by atoms with Crippen molar-refractivity contribution in [2.45, 2.75) is 0 Å². The monoisotopic (exact) mass is 901 g/mol. The van der Waals surface area contributed by atoms with E-state index >= 15 is 0 Å². The van der Waals surface area contributed by atoms with Crippen LogP contribution in [0.15, 0.2) is 85.7 Å². The minimum absolute atomic E-state index is 0. The molecule has 0 spiro atoms. The van der Waals surface area contributed by atoms with Gasteiger partial charge in [-0.1, -0.05) is 35.4 Å². The van der Waals surface area contributed by atoms with Crippen molar-refractivity contribution in [3.05, 3.63) is 151 Å². The third-order valence-corrected chi connectivity index (χ3v) is 6.60. The number of benzene rings is 3. The molecule has 270 valence electrons. The number of halogens is 8. The van der Waals surface area contributed by atoms with Crippen molar-refractivity contribution in [1.29, 1.82) is 5.26 Å². The van der Waals surface area contributed by atoms with Gasteiger partial charge in [-0.25, -0.2) is 22.5 Å². The number of imidazole rings is 1. The Hall–Kier alpha value is -5.65. The van der Waals surface area contributed by atoms with E-state index in [0.717, 1.165) is 46.5 Å². The Kier molecular flexibility index (Phi) is 16.1. The zero-order valence-corrected chi connectivity index (χ0v) is 30.0. The molecule has 16 heteroatoms. The van der Waals surface area contributed by atoms with Crippen LogP contribution in [0.1, 0.15) is 0 Å². The second-order valence-electron chi connectivity index (χ2n) is 10.5. The normalized spacial score (nSPS) is 9.88. The molecule has 0 fully saturated rings. The molecule has 0 aliphatic carbocycles. The standard InChI is InChI=1S/2C13H11F2N2.C9H4F4N2.CN.Ir/c2*1-17(2)10-5-6-16-13(8-10)11-4-3-9(14)7-12(11)15;10-5-3-6(11)8(13)9(7(5)12)15-2-1-14-4-15;1-2;/h2*3,5-8H,1-2H3;1-4H;;/q2*-1;;-1;+3. The largest absolute Gasteiger partial charge is 3.00 e. The van der Waals surface area contributed by atoms with Gasteiger partial charge in [-0.3, -0.25) is 17.6 Å². The first-order chi connectivity index (χ1) is 24.3. The third-order valence-electron chi connectivity index (χ3n) is 6.60. The molecule has 7 nitrogen and oxygen atoms in total. The van der Waals surface area contributed by atoms with Crippen molar-refractivity contribution in [2.75, 3.05) is 38.0 Å². The van der Waals surface area contributed by atoms with Crippen LogP contribution in [0.2, 0.25) is 0 Å². The van der Waals surface area contributed by atoms with E-state index in [4.69, 9.17) is 11.8 Å². The Morgan fingerprint density at radius 1 is 0.615 bits per heavy atom. The van der Waals surface area contributed by atoms with Crippen LogP contribution < -0.4 is 9.80 Å². The average Bonchev–Trinajstić information content (AvgIpc) is 3.64. The molecule has 0 saturated heterocycles. The van der Waals surface area contributed by atoms with Crippen LogP contribution in [-0.4, -0.2) is 47.7 Å². The number of pyridine rings is 2. The molecule has 0 amide bonds. The SMILES string of the molecule is CN(C)c1ccnc(-c2[c-]cc(F)cc2F)c1.CN(C)c1ccnc(-c2[c-]cc(F)cc2F)c1.Fc1cc(F)c(F)c(-n2ccnc2)c1F.[C-]#N.[Ir+3]. The fourth-order valence-electron chi connectivity index (χ4n) is 4.13. The Bertz CT molecular complexity index is 1970. The maximum Gasteiger partial charge on any atom is 3.00 e. The first kappa shape index (κ1) is 42.5. The third kappa shape index (κ3) is 10.9. The summed E-state index contributed by atoms with van der Waals surface area (Å²) in [6.07, 6.45) is 6.63. The maximum atomic E-state index is 13.5. The molecule has 0 bridgehead atoms. The van der Waals surface area contributed by atoms with Gasteiger partial charge in [0.05, 0.1) is 6.33 Å². The molecule has 3 aromatic heterocycles. The van der Waals surface area contributed by atoms with E-state index in [-0.39, 0.29) is 37.3 Å². The van der Waals surface area contributed by atoms with Crippen molar-refractivity contribution in [1.82, 2.24) is 19.5 Å². The summed E-state index contributed by atoms with van der Waals surface area (Å²) in [4.78, 5) is 15.4. The molecule has 3 aromatic carbocycles. The van der Waals surface area contributed by atoms with Crippen molar-refractivity contribution in [3.8, 4) is 28.2 Å². The van der Waals surface area contributed by atoms with Gasteiger partial charge >= 0.3 is 20.1 Å². The zero-order chi connectivity index (χ0) is 37.8. The Morgan fingerprint density at radius 2 is 1.04 bits per heavy atom. The van der Waals surface area contributed by atoms with Gasteiger partial charge in [0.15, 0.2) is 23.3 Å². The predicted molar refractivity (Wildman–Crippen MR) is 174 cm³/mol. The first-order valence-electron chi connectivity index (χ1n) is 14.3. The van der Waals surface area contributed by atoms with E-state index in [2.05, 4.69) is 27.1 Å². The van der Waals surface area contributed by atoms with E-state index < -0.39 is 52.2 Å². The molecule has 6 rings (SSSR count). The molecule has 3 heterocycles. The van der Waals surface area contributed by atoms with Crippen LogP contribution in [0, 0.1) is 70.5 Å². The van der Waals surface area contributed by atoms with Crippen LogP contribution in [0.5, 0.6) is 0 Å². The summed E-state index contributed by atoms with van der Waals surface area (Å²) in [5, 5.41) is 6.25. The topological polar surface area (TPSA) is 73.9 Å². The minimum atomic E-state index is -1.45. The molecule has 0 unspecified atom stereocenters. The maximum absolute atomic E-state index is 13.5. The number of nitrogens with zero attached hydrogens (tertiary/aromatic N) is 7. The van der Waals surface area contributed by atoms with Gasteiger partial charge in [0.1, 0.15) is 5.69 Å². The summed E-state index contributed by atoms with van der Waals surface area (Å²) in [5.41, 5.74) is 2.21. The van der Waals surface area contributed by atoms with Gasteiger partial charge in [-0.05, 0) is 23.5 Å². The minimum Gasteiger partial charge on any atom is -0.512 e. The van der Waals surface area contributed by atoms with Crippen LogP contribution in [0.3, 0.4) is 0 Å². The van der Waals surface area contributed by atoms with Crippen molar-refractivity contribution >= 4 is 11.4 Å². The summed E-state index contributed by atoms with van der Waals surface area (Å²) in [7, 11) is 7.52. The number of hydrogen-bond acceptors (Lipinski definition) is 6. The molecular weight excluding hydrogens is 875 g/mol. The van der Waals surface area contributed by atoms with Crippen LogP contribution in [0.25, 0.3) is 28.2 Å². The fourth-order valence-corrected chi connectivity index (χ4v) is 4.13. The molecule has 6 aromatic rings.